The number of hydrogen-bond donors (Lipinski definition) is 1. The summed E-state index contributed by atoms with van der Waals surface area (Å²) in [5.74, 6) is 1.59. The van der Waals surface area contributed by atoms with Crippen LogP contribution in [0.2, 0.25) is 0 Å². The van der Waals surface area contributed by atoms with E-state index in [1.807, 2.05) is 47.4 Å². The Morgan fingerprint density at radius 2 is 1.84 bits per heavy atom. The largest absolute Gasteiger partial charge is 0.496 e. The van der Waals surface area contributed by atoms with E-state index < -0.39 is 0 Å². The number of rotatable bonds is 7. The van der Waals surface area contributed by atoms with Crippen LogP contribution in [0.5, 0.6) is 5.75 Å². The summed E-state index contributed by atoms with van der Waals surface area (Å²) < 4.78 is 5.50. The number of piperidine rings is 1. The lowest BCUT2D eigenvalue weighted by molar-refractivity contribution is 0.0620. The number of para-hydroxylation sites is 2. The molecule has 31 heavy (non-hydrogen) atoms. The average molecular weight is 420 g/mol. The third kappa shape index (κ3) is 4.93. The first-order valence-corrected chi connectivity index (χ1v) is 11.3. The topological polar surface area (TPSA) is 48.6 Å². The van der Waals surface area contributed by atoms with E-state index in [0.29, 0.717) is 11.6 Å². The molecule has 0 bridgehead atoms. The van der Waals surface area contributed by atoms with E-state index in [2.05, 4.69) is 35.9 Å². The Kier molecular flexibility index (Phi) is 6.62. The maximum absolute atomic E-state index is 13.3. The van der Waals surface area contributed by atoms with Crippen molar-refractivity contribution in [1.29, 1.82) is 0 Å². The summed E-state index contributed by atoms with van der Waals surface area (Å²) in [6.07, 6.45) is 2.22. The molecule has 5 nitrogen and oxygen atoms in total. The molecule has 1 N–H and O–H groups in total. The van der Waals surface area contributed by atoms with Crippen molar-refractivity contribution in [2.24, 2.45) is 5.92 Å². The highest BCUT2D eigenvalue weighted by molar-refractivity contribution is 5.98. The fourth-order valence-electron chi connectivity index (χ4n) is 4.55. The molecule has 0 unspecified atom stereocenters. The van der Waals surface area contributed by atoms with Crippen LogP contribution in [-0.4, -0.2) is 53.5 Å². The molecule has 0 spiro atoms. The molecule has 0 saturated carbocycles. The van der Waals surface area contributed by atoms with E-state index in [9.17, 15) is 4.79 Å². The van der Waals surface area contributed by atoms with E-state index in [4.69, 9.17) is 4.74 Å². The number of likely N-dealkylation sites (tertiary alicyclic amines) is 1. The Morgan fingerprint density at radius 3 is 2.55 bits per heavy atom. The van der Waals surface area contributed by atoms with Crippen molar-refractivity contribution < 1.29 is 9.53 Å². The molecule has 164 valence electrons. The summed E-state index contributed by atoms with van der Waals surface area (Å²) in [4.78, 5) is 21.1. The molecule has 1 aliphatic rings. The summed E-state index contributed by atoms with van der Waals surface area (Å²) in [5.41, 5.74) is 2.93. The predicted molar refractivity (Wildman–Crippen MR) is 125 cm³/mol. The third-order valence-electron chi connectivity index (χ3n) is 6.39. The number of nitrogens with one attached hydrogen (secondary N) is 1. The average Bonchev–Trinajstić information content (AvgIpc) is 3.22. The van der Waals surface area contributed by atoms with Crippen LogP contribution in [0.15, 0.2) is 54.6 Å². The van der Waals surface area contributed by atoms with Gasteiger partial charge in [0.05, 0.1) is 7.11 Å². The second-order valence-corrected chi connectivity index (χ2v) is 8.85. The van der Waals surface area contributed by atoms with Crippen molar-refractivity contribution >= 4 is 16.8 Å². The molecule has 0 aliphatic carbocycles. The van der Waals surface area contributed by atoms with Gasteiger partial charge < -0.3 is 14.6 Å². The number of ether oxygens (including phenoxy) is 1. The van der Waals surface area contributed by atoms with Crippen LogP contribution in [0.1, 0.15) is 42.7 Å². The van der Waals surface area contributed by atoms with E-state index >= 15 is 0 Å². The van der Waals surface area contributed by atoms with Gasteiger partial charge in [0.25, 0.3) is 5.91 Å². The van der Waals surface area contributed by atoms with Crippen LogP contribution in [0.3, 0.4) is 0 Å². The summed E-state index contributed by atoms with van der Waals surface area (Å²) in [7, 11) is 1.73. The number of nitrogens with zero attached hydrogens (tertiary/aromatic N) is 2. The molecule has 5 heteroatoms. The molecule has 1 aromatic heterocycles. The molecule has 2 aromatic carbocycles. The fourth-order valence-corrected chi connectivity index (χ4v) is 4.55. The minimum atomic E-state index is 0.0997. The minimum Gasteiger partial charge on any atom is -0.496 e. The number of aromatic amines is 1. The molecule has 4 rings (SSSR count). The second-order valence-electron chi connectivity index (χ2n) is 8.85. The molecule has 3 aromatic rings. The van der Waals surface area contributed by atoms with E-state index in [1.165, 1.54) is 5.56 Å². The first-order chi connectivity index (χ1) is 15.0. The van der Waals surface area contributed by atoms with Gasteiger partial charge >= 0.3 is 0 Å². The number of fused-ring (bicyclic) bond motifs is 1. The van der Waals surface area contributed by atoms with Gasteiger partial charge in [-0.05, 0) is 63.9 Å². The van der Waals surface area contributed by atoms with Gasteiger partial charge in [-0.3, -0.25) is 9.69 Å². The number of amides is 1. The number of hydrogen-bond acceptors (Lipinski definition) is 3. The molecule has 2 heterocycles. The molecule has 0 radical (unpaired) electrons. The Morgan fingerprint density at radius 1 is 1.13 bits per heavy atom. The zero-order valence-corrected chi connectivity index (χ0v) is 18.8. The van der Waals surface area contributed by atoms with Gasteiger partial charge in [-0.2, -0.15) is 0 Å². The van der Waals surface area contributed by atoms with Crippen LogP contribution in [0.25, 0.3) is 10.9 Å². The van der Waals surface area contributed by atoms with Gasteiger partial charge in [-0.1, -0.05) is 36.4 Å². The summed E-state index contributed by atoms with van der Waals surface area (Å²) in [5, 5.41) is 1.08. The SMILES string of the molecule is COc1ccccc1CN1CCC(CN(C(=O)c2cc3ccccc3[nH]2)C(C)C)CC1. The molecule has 1 aliphatic heterocycles. The first kappa shape index (κ1) is 21.4. The molecule has 0 atom stereocenters. The van der Waals surface area contributed by atoms with E-state index in [-0.39, 0.29) is 11.9 Å². The lowest BCUT2D eigenvalue weighted by atomic mass is 9.95. The summed E-state index contributed by atoms with van der Waals surface area (Å²) in [6, 6.07) is 18.5. The van der Waals surface area contributed by atoms with Gasteiger partial charge in [-0.25, -0.2) is 0 Å². The highest BCUT2D eigenvalue weighted by Crippen LogP contribution is 2.25. The van der Waals surface area contributed by atoms with Crippen LogP contribution >= 0.6 is 0 Å². The van der Waals surface area contributed by atoms with Crippen molar-refractivity contribution in [3.63, 3.8) is 0 Å². The monoisotopic (exact) mass is 419 g/mol. The maximum atomic E-state index is 13.3. The molecular formula is C26H33N3O2. The normalized spacial score (nSPS) is 15.5. The number of benzene rings is 2. The number of aromatic nitrogens is 1. The Balaban J connectivity index is 1.37. The number of methoxy groups -OCH3 is 1. The van der Waals surface area contributed by atoms with Crippen LogP contribution in [-0.2, 0) is 6.54 Å². The van der Waals surface area contributed by atoms with Crippen LogP contribution < -0.4 is 4.74 Å². The van der Waals surface area contributed by atoms with E-state index in [0.717, 1.165) is 55.7 Å². The molecule has 1 fully saturated rings. The Bertz CT molecular complexity index is 985. The van der Waals surface area contributed by atoms with Gasteiger partial charge in [0.2, 0.25) is 0 Å². The van der Waals surface area contributed by atoms with Crippen molar-refractivity contribution in [2.75, 3.05) is 26.7 Å². The van der Waals surface area contributed by atoms with Crippen molar-refractivity contribution in [1.82, 2.24) is 14.8 Å². The van der Waals surface area contributed by atoms with Gasteiger partial charge in [0, 0.05) is 35.6 Å². The fraction of sp³-hybridized carbons (Fsp3) is 0.423. The summed E-state index contributed by atoms with van der Waals surface area (Å²) in [6.45, 7) is 8.05. The highest BCUT2D eigenvalue weighted by atomic mass is 16.5. The number of H-pyrrole nitrogens is 1. The second kappa shape index (κ2) is 9.56. The number of carbonyl (C=O) groups excluding carboxylic acids is 1. The van der Waals surface area contributed by atoms with Gasteiger partial charge in [0.15, 0.2) is 0 Å². The van der Waals surface area contributed by atoms with Crippen LogP contribution in [0, 0.1) is 5.92 Å². The predicted octanol–water partition coefficient (Wildman–Crippen LogP) is 4.94. The molecular weight excluding hydrogens is 386 g/mol. The minimum absolute atomic E-state index is 0.0997. The van der Waals surface area contributed by atoms with Crippen molar-refractivity contribution in [3.8, 4) is 5.75 Å². The lowest BCUT2D eigenvalue weighted by Crippen LogP contribution is -2.43. The van der Waals surface area contributed by atoms with Crippen molar-refractivity contribution in [3.05, 3.63) is 65.9 Å². The Labute approximate surface area is 185 Å². The number of carbonyl (C=O) groups is 1. The van der Waals surface area contributed by atoms with Gasteiger partial charge in [-0.15, -0.1) is 0 Å². The standard InChI is InChI=1S/C26H33N3O2/c1-19(2)29(26(30)24-16-21-8-4-6-10-23(21)27-24)17-20-12-14-28(15-13-20)18-22-9-5-7-11-25(22)31-3/h4-11,16,19-20,27H,12-15,17-18H2,1-3H3. The van der Waals surface area contributed by atoms with Crippen molar-refractivity contribution in [2.45, 2.75) is 39.3 Å². The summed E-state index contributed by atoms with van der Waals surface area (Å²) >= 11 is 0. The first-order valence-electron chi connectivity index (χ1n) is 11.3. The molecule has 1 saturated heterocycles. The van der Waals surface area contributed by atoms with Crippen LogP contribution in [0.4, 0.5) is 0 Å². The van der Waals surface area contributed by atoms with E-state index in [1.54, 1.807) is 7.11 Å². The zero-order valence-electron chi connectivity index (χ0n) is 18.8. The smallest absolute Gasteiger partial charge is 0.270 e. The Hall–Kier alpha value is -2.79. The zero-order chi connectivity index (χ0) is 21.8. The molecule has 1 amide bonds. The maximum Gasteiger partial charge on any atom is 0.270 e. The third-order valence-corrected chi connectivity index (χ3v) is 6.39. The quantitative estimate of drug-likeness (QED) is 0.590. The van der Waals surface area contributed by atoms with Gasteiger partial charge in [0.1, 0.15) is 11.4 Å². The lowest BCUT2D eigenvalue weighted by Gasteiger charge is -2.36. The highest BCUT2D eigenvalue weighted by Gasteiger charge is 2.27.